The minimum absolute atomic E-state index is 0.0711. The van der Waals surface area contributed by atoms with Crippen LogP contribution in [0, 0.1) is 0 Å². The predicted molar refractivity (Wildman–Crippen MR) is 54.0 cm³/mol. The number of aliphatic hydroxyl groups is 3. The van der Waals surface area contributed by atoms with E-state index in [1.807, 2.05) is 0 Å². The summed E-state index contributed by atoms with van der Waals surface area (Å²) in [6, 6.07) is 0.0711. The minimum atomic E-state index is -1.09. The number of nitrogens with one attached hydrogen (secondary N) is 1. The second-order valence-corrected chi connectivity index (χ2v) is 4.49. The highest BCUT2D eigenvalue weighted by atomic mass is 16.3. The molecule has 1 aliphatic carbocycles. The van der Waals surface area contributed by atoms with Crippen LogP contribution in [-0.4, -0.2) is 46.2 Å². The maximum Gasteiger partial charge on any atom is 0.0972 e. The quantitative estimate of drug-likeness (QED) is 0.503. The molecule has 0 aliphatic heterocycles. The van der Waals surface area contributed by atoms with Gasteiger partial charge in [-0.25, -0.2) is 0 Å². The van der Waals surface area contributed by atoms with Crippen molar-refractivity contribution in [3.05, 3.63) is 0 Å². The maximum atomic E-state index is 9.63. The molecule has 14 heavy (non-hydrogen) atoms. The lowest BCUT2D eigenvalue weighted by Gasteiger charge is -2.31. The Morgan fingerprint density at radius 2 is 2.00 bits per heavy atom. The molecule has 1 unspecified atom stereocenters. The topological polar surface area (TPSA) is 72.7 Å². The fourth-order valence-corrected chi connectivity index (χ4v) is 1.76. The number of aliphatic hydroxyl groups excluding tert-OH is 2. The minimum Gasteiger partial charge on any atom is -0.393 e. The molecule has 0 spiro atoms. The van der Waals surface area contributed by atoms with E-state index in [9.17, 15) is 10.2 Å². The molecule has 4 nitrogen and oxygen atoms in total. The predicted octanol–water partition coefficient (Wildman–Crippen LogP) is -0.377. The first-order valence-corrected chi connectivity index (χ1v) is 5.30. The van der Waals surface area contributed by atoms with Crippen molar-refractivity contribution in [2.24, 2.45) is 0 Å². The molecule has 0 amide bonds. The van der Waals surface area contributed by atoms with Gasteiger partial charge in [0, 0.05) is 12.6 Å². The molecule has 4 heteroatoms. The summed E-state index contributed by atoms with van der Waals surface area (Å²) in [7, 11) is 0. The van der Waals surface area contributed by atoms with Crippen LogP contribution in [0.5, 0.6) is 0 Å². The van der Waals surface area contributed by atoms with Crippen LogP contribution in [0.1, 0.15) is 32.6 Å². The SMILES string of the molecule is CC(O)(CO)CN[C@H]1CCCC[C@@H]1O. The van der Waals surface area contributed by atoms with Crippen LogP contribution < -0.4 is 5.32 Å². The zero-order chi connectivity index (χ0) is 10.6. The van der Waals surface area contributed by atoms with Crippen LogP contribution in [-0.2, 0) is 0 Å². The molecule has 3 atom stereocenters. The summed E-state index contributed by atoms with van der Waals surface area (Å²) < 4.78 is 0. The first kappa shape index (κ1) is 11.9. The van der Waals surface area contributed by atoms with Crippen molar-refractivity contribution in [2.45, 2.75) is 50.4 Å². The second kappa shape index (κ2) is 5.07. The fraction of sp³-hybridized carbons (Fsp3) is 1.00. The van der Waals surface area contributed by atoms with Gasteiger partial charge in [-0.2, -0.15) is 0 Å². The molecule has 0 bridgehead atoms. The summed E-state index contributed by atoms with van der Waals surface area (Å²) in [5.41, 5.74) is -1.09. The molecule has 0 aromatic rings. The smallest absolute Gasteiger partial charge is 0.0972 e. The zero-order valence-electron chi connectivity index (χ0n) is 8.74. The summed E-state index contributed by atoms with van der Waals surface area (Å²) >= 11 is 0. The van der Waals surface area contributed by atoms with Gasteiger partial charge in [0.2, 0.25) is 0 Å². The van der Waals surface area contributed by atoms with Crippen LogP contribution in [0.2, 0.25) is 0 Å². The monoisotopic (exact) mass is 203 g/mol. The highest BCUT2D eigenvalue weighted by molar-refractivity contribution is 4.84. The van der Waals surface area contributed by atoms with E-state index in [0.717, 1.165) is 25.7 Å². The Labute approximate surface area is 85.0 Å². The standard InChI is InChI=1S/C10H21NO3/c1-10(14,7-12)6-11-8-4-2-3-5-9(8)13/h8-9,11-14H,2-7H2,1H3/t8-,9-,10?/m0/s1. The van der Waals surface area contributed by atoms with Gasteiger partial charge in [0.25, 0.3) is 0 Å². The van der Waals surface area contributed by atoms with Crippen LogP contribution in [0.25, 0.3) is 0 Å². The van der Waals surface area contributed by atoms with E-state index in [-0.39, 0.29) is 18.8 Å². The van der Waals surface area contributed by atoms with Crippen LogP contribution in [0.3, 0.4) is 0 Å². The summed E-state index contributed by atoms with van der Waals surface area (Å²) in [5, 5.41) is 31.1. The Bertz CT molecular complexity index is 173. The third-order valence-electron chi connectivity index (χ3n) is 2.82. The van der Waals surface area contributed by atoms with Gasteiger partial charge < -0.3 is 20.6 Å². The van der Waals surface area contributed by atoms with Crippen LogP contribution in [0.15, 0.2) is 0 Å². The van der Waals surface area contributed by atoms with Crippen molar-refractivity contribution in [1.82, 2.24) is 5.32 Å². The largest absolute Gasteiger partial charge is 0.393 e. The highest BCUT2D eigenvalue weighted by Gasteiger charge is 2.26. The van der Waals surface area contributed by atoms with Gasteiger partial charge in [0.05, 0.1) is 18.3 Å². The molecule has 1 rings (SSSR count). The first-order valence-electron chi connectivity index (χ1n) is 5.30. The van der Waals surface area contributed by atoms with Gasteiger partial charge in [-0.1, -0.05) is 12.8 Å². The van der Waals surface area contributed by atoms with Crippen molar-refractivity contribution in [3.8, 4) is 0 Å². The fourth-order valence-electron chi connectivity index (χ4n) is 1.76. The number of rotatable bonds is 4. The van der Waals surface area contributed by atoms with Gasteiger partial charge in [0.15, 0.2) is 0 Å². The molecule has 1 fully saturated rings. The Morgan fingerprint density at radius 1 is 1.36 bits per heavy atom. The van der Waals surface area contributed by atoms with Crippen molar-refractivity contribution in [1.29, 1.82) is 0 Å². The summed E-state index contributed by atoms with van der Waals surface area (Å²) in [5.74, 6) is 0. The Hall–Kier alpha value is -0.160. The highest BCUT2D eigenvalue weighted by Crippen LogP contribution is 2.18. The Balaban J connectivity index is 2.29. The normalized spacial score (nSPS) is 32.6. The molecule has 0 aromatic heterocycles. The van der Waals surface area contributed by atoms with E-state index in [2.05, 4.69) is 5.32 Å². The summed E-state index contributed by atoms with van der Waals surface area (Å²) in [6.07, 6.45) is 3.67. The maximum absolute atomic E-state index is 9.63. The Kier molecular flexibility index (Phi) is 4.31. The molecule has 1 aliphatic rings. The van der Waals surface area contributed by atoms with E-state index in [4.69, 9.17) is 5.11 Å². The van der Waals surface area contributed by atoms with Crippen LogP contribution >= 0.6 is 0 Å². The van der Waals surface area contributed by atoms with Crippen molar-refractivity contribution in [3.63, 3.8) is 0 Å². The number of hydrogen-bond acceptors (Lipinski definition) is 4. The average molecular weight is 203 g/mol. The third-order valence-corrected chi connectivity index (χ3v) is 2.82. The average Bonchev–Trinajstić information content (AvgIpc) is 2.17. The van der Waals surface area contributed by atoms with Gasteiger partial charge in [-0.3, -0.25) is 0 Å². The van der Waals surface area contributed by atoms with Crippen molar-refractivity contribution < 1.29 is 15.3 Å². The molecule has 4 N–H and O–H groups in total. The van der Waals surface area contributed by atoms with Gasteiger partial charge in [-0.05, 0) is 19.8 Å². The van der Waals surface area contributed by atoms with Crippen molar-refractivity contribution >= 4 is 0 Å². The lowest BCUT2D eigenvalue weighted by molar-refractivity contribution is -0.00675. The summed E-state index contributed by atoms with van der Waals surface area (Å²) in [6.45, 7) is 1.64. The van der Waals surface area contributed by atoms with E-state index < -0.39 is 5.60 Å². The molecule has 84 valence electrons. The molecular formula is C10H21NO3. The van der Waals surface area contributed by atoms with Crippen LogP contribution in [0.4, 0.5) is 0 Å². The van der Waals surface area contributed by atoms with E-state index in [1.165, 1.54) is 0 Å². The second-order valence-electron chi connectivity index (χ2n) is 4.49. The molecule has 1 saturated carbocycles. The zero-order valence-corrected chi connectivity index (χ0v) is 8.74. The lowest BCUT2D eigenvalue weighted by Crippen LogP contribution is -2.49. The third kappa shape index (κ3) is 3.53. The molecule has 0 heterocycles. The van der Waals surface area contributed by atoms with Gasteiger partial charge >= 0.3 is 0 Å². The van der Waals surface area contributed by atoms with Gasteiger partial charge in [0.1, 0.15) is 0 Å². The molecule has 0 aromatic carbocycles. The summed E-state index contributed by atoms with van der Waals surface area (Å²) in [4.78, 5) is 0. The van der Waals surface area contributed by atoms with E-state index in [1.54, 1.807) is 6.92 Å². The molecule has 0 saturated heterocycles. The van der Waals surface area contributed by atoms with E-state index in [0.29, 0.717) is 6.54 Å². The number of hydrogen-bond donors (Lipinski definition) is 4. The first-order chi connectivity index (χ1) is 6.55. The van der Waals surface area contributed by atoms with Crippen molar-refractivity contribution in [2.75, 3.05) is 13.2 Å². The van der Waals surface area contributed by atoms with Gasteiger partial charge in [-0.15, -0.1) is 0 Å². The van der Waals surface area contributed by atoms with E-state index >= 15 is 0 Å². The lowest BCUT2D eigenvalue weighted by atomic mass is 9.92. The molecule has 0 radical (unpaired) electrons. The molecular weight excluding hydrogens is 182 g/mol. The Morgan fingerprint density at radius 3 is 2.57 bits per heavy atom.